The van der Waals surface area contributed by atoms with Gasteiger partial charge in [-0.2, -0.15) is 0 Å². The summed E-state index contributed by atoms with van der Waals surface area (Å²) in [6.45, 7) is 14.5. The molecule has 0 aliphatic carbocycles. The Labute approximate surface area is 177 Å². The molecule has 160 valence electrons. The summed E-state index contributed by atoms with van der Waals surface area (Å²) in [7, 11) is 0. The Balaban J connectivity index is 2.46. The average molecular weight is 412 g/mol. The van der Waals surface area contributed by atoms with E-state index in [0.717, 1.165) is 0 Å². The summed E-state index contributed by atoms with van der Waals surface area (Å²) >= 11 is 0. The van der Waals surface area contributed by atoms with Gasteiger partial charge in [0, 0.05) is 42.2 Å². The van der Waals surface area contributed by atoms with Gasteiger partial charge in [0.05, 0.1) is 11.3 Å². The van der Waals surface area contributed by atoms with Crippen LogP contribution in [-0.2, 0) is 19.1 Å². The highest BCUT2D eigenvalue weighted by Crippen LogP contribution is 2.34. The first kappa shape index (κ1) is 23.1. The predicted octanol–water partition coefficient (Wildman–Crippen LogP) is 3.76. The van der Waals surface area contributed by atoms with Crippen LogP contribution in [0, 0.1) is 0 Å². The fourth-order valence-electron chi connectivity index (χ4n) is 2.83. The molecule has 0 saturated heterocycles. The molecule has 1 aliphatic heterocycles. The Bertz CT molecular complexity index is 930. The zero-order valence-electron chi connectivity index (χ0n) is 18.3. The molecule has 0 atom stereocenters. The van der Waals surface area contributed by atoms with Crippen LogP contribution < -0.4 is 0 Å². The first-order chi connectivity index (χ1) is 13.8. The minimum atomic E-state index is -0.668. The molecule has 1 aromatic heterocycles. The van der Waals surface area contributed by atoms with Crippen molar-refractivity contribution >= 4 is 29.6 Å². The van der Waals surface area contributed by atoms with Gasteiger partial charge in [0.1, 0.15) is 11.2 Å². The Morgan fingerprint density at radius 1 is 1.07 bits per heavy atom. The number of hydrogen-bond acceptors (Lipinski definition) is 6. The molecule has 0 saturated carbocycles. The number of ether oxygens (including phenoxy) is 2. The second kappa shape index (κ2) is 8.65. The zero-order chi connectivity index (χ0) is 22.7. The van der Waals surface area contributed by atoms with Crippen molar-refractivity contribution in [3.8, 4) is 0 Å². The average Bonchev–Trinajstić information content (AvgIpc) is 2.83. The number of fused-ring (bicyclic) bond motifs is 1. The Kier molecular flexibility index (Phi) is 6.65. The highest BCUT2D eigenvalue weighted by atomic mass is 16.6. The SMILES string of the molecule is C=CCN1C(=O)c2c(/C=C/C(=O)OC(C)(C)C)cncc2/C1=C\C(=O)OC(C)(C)C. The van der Waals surface area contributed by atoms with E-state index in [1.165, 1.54) is 35.5 Å². The molecule has 2 rings (SSSR count). The van der Waals surface area contributed by atoms with Gasteiger partial charge >= 0.3 is 11.9 Å². The first-order valence-corrected chi connectivity index (χ1v) is 9.59. The fraction of sp³-hybridized carbons (Fsp3) is 0.391. The summed E-state index contributed by atoms with van der Waals surface area (Å²) in [4.78, 5) is 43.0. The van der Waals surface area contributed by atoms with Crippen LogP contribution in [-0.4, -0.2) is 45.5 Å². The van der Waals surface area contributed by atoms with Crippen molar-refractivity contribution < 1.29 is 23.9 Å². The molecular weight excluding hydrogens is 384 g/mol. The summed E-state index contributed by atoms with van der Waals surface area (Å²) in [5.41, 5.74) is 0.367. The smallest absolute Gasteiger partial charge is 0.333 e. The number of nitrogens with zero attached hydrogens (tertiary/aromatic N) is 2. The molecule has 0 aromatic carbocycles. The molecule has 0 radical (unpaired) electrons. The Morgan fingerprint density at radius 2 is 1.67 bits per heavy atom. The zero-order valence-corrected chi connectivity index (χ0v) is 18.3. The molecule has 1 amide bonds. The number of pyridine rings is 1. The van der Waals surface area contributed by atoms with Crippen LogP contribution in [0.1, 0.15) is 63.0 Å². The van der Waals surface area contributed by atoms with E-state index in [0.29, 0.717) is 22.4 Å². The van der Waals surface area contributed by atoms with Gasteiger partial charge in [0.15, 0.2) is 0 Å². The maximum absolute atomic E-state index is 13.1. The van der Waals surface area contributed by atoms with E-state index < -0.39 is 23.1 Å². The lowest BCUT2D eigenvalue weighted by atomic mass is 10.0. The van der Waals surface area contributed by atoms with E-state index in [2.05, 4.69) is 11.6 Å². The highest BCUT2D eigenvalue weighted by molar-refractivity contribution is 6.13. The van der Waals surface area contributed by atoms with Gasteiger partial charge in [-0.15, -0.1) is 6.58 Å². The molecule has 0 bridgehead atoms. The van der Waals surface area contributed by atoms with Crippen molar-refractivity contribution in [3.05, 3.63) is 53.9 Å². The molecule has 1 aliphatic rings. The van der Waals surface area contributed by atoms with Crippen LogP contribution in [0.5, 0.6) is 0 Å². The van der Waals surface area contributed by atoms with Gasteiger partial charge in [-0.3, -0.25) is 9.78 Å². The molecule has 0 N–H and O–H groups in total. The van der Waals surface area contributed by atoms with Crippen LogP contribution in [0.15, 0.2) is 37.2 Å². The number of rotatable bonds is 5. The largest absolute Gasteiger partial charge is 0.457 e. The van der Waals surface area contributed by atoms with Crippen LogP contribution in [0.3, 0.4) is 0 Å². The summed E-state index contributed by atoms with van der Waals surface area (Å²) < 4.78 is 10.6. The standard InChI is InChI=1S/C23H28N2O5/c1-8-11-25-17(12-19(27)30-23(5,6)7)16-14-24-13-15(20(16)21(25)28)9-10-18(26)29-22(2,3)4/h8-10,12-14H,1,11H2,2-7H3/b10-9+,17-12+. The number of carbonyl (C=O) groups is 3. The van der Waals surface area contributed by atoms with E-state index in [4.69, 9.17) is 9.47 Å². The van der Waals surface area contributed by atoms with Gasteiger partial charge in [-0.25, -0.2) is 9.59 Å². The predicted molar refractivity (Wildman–Crippen MR) is 114 cm³/mol. The second-order valence-electron chi connectivity index (χ2n) is 8.79. The fourth-order valence-corrected chi connectivity index (χ4v) is 2.83. The van der Waals surface area contributed by atoms with Crippen molar-refractivity contribution in [1.82, 2.24) is 9.88 Å². The monoisotopic (exact) mass is 412 g/mol. The van der Waals surface area contributed by atoms with Gasteiger partial charge in [0.2, 0.25) is 0 Å². The van der Waals surface area contributed by atoms with E-state index in [-0.39, 0.29) is 12.5 Å². The number of esters is 2. The molecular formula is C23H28N2O5. The van der Waals surface area contributed by atoms with Crippen molar-refractivity contribution in [2.75, 3.05) is 6.54 Å². The minimum Gasteiger partial charge on any atom is -0.457 e. The highest BCUT2D eigenvalue weighted by Gasteiger charge is 2.34. The van der Waals surface area contributed by atoms with Crippen LogP contribution in [0.25, 0.3) is 11.8 Å². The quantitative estimate of drug-likeness (QED) is 0.416. The summed E-state index contributed by atoms with van der Waals surface area (Å²) in [5.74, 6) is -1.41. The molecule has 7 heteroatoms. The van der Waals surface area contributed by atoms with Crippen LogP contribution in [0.2, 0.25) is 0 Å². The number of hydrogen-bond donors (Lipinski definition) is 0. The van der Waals surface area contributed by atoms with Crippen LogP contribution in [0.4, 0.5) is 0 Å². The molecule has 0 unspecified atom stereocenters. The number of carbonyl (C=O) groups excluding carboxylic acids is 3. The number of aromatic nitrogens is 1. The first-order valence-electron chi connectivity index (χ1n) is 9.59. The van der Waals surface area contributed by atoms with Gasteiger partial charge in [0.25, 0.3) is 5.91 Å². The molecule has 2 heterocycles. The molecule has 0 spiro atoms. The lowest BCUT2D eigenvalue weighted by Gasteiger charge is -2.20. The third-order valence-corrected chi connectivity index (χ3v) is 3.78. The maximum Gasteiger partial charge on any atom is 0.333 e. The van der Waals surface area contributed by atoms with E-state index in [9.17, 15) is 14.4 Å². The lowest BCUT2D eigenvalue weighted by molar-refractivity contribution is -0.149. The Morgan fingerprint density at radius 3 is 2.23 bits per heavy atom. The summed E-state index contributed by atoms with van der Waals surface area (Å²) in [5, 5.41) is 0. The summed E-state index contributed by atoms with van der Waals surface area (Å²) in [6, 6.07) is 0. The Hall–Kier alpha value is -3.22. The molecule has 1 aromatic rings. The molecule has 0 fully saturated rings. The van der Waals surface area contributed by atoms with E-state index >= 15 is 0 Å². The summed E-state index contributed by atoms with van der Waals surface area (Å²) in [6.07, 6.45) is 8.58. The van der Waals surface area contributed by atoms with Gasteiger partial charge in [-0.1, -0.05) is 6.08 Å². The maximum atomic E-state index is 13.1. The topological polar surface area (TPSA) is 85.8 Å². The van der Waals surface area contributed by atoms with E-state index in [1.807, 2.05) is 0 Å². The normalized spacial score (nSPS) is 15.5. The number of amides is 1. The second-order valence-corrected chi connectivity index (χ2v) is 8.79. The molecule has 30 heavy (non-hydrogen) atoms. The minimum absolute atomic E-state index is 0.206. The molecule has 7 nitrogen and oxygen atoms in total. The third-order valence-electron chi connectivity index (χ3n) is 3.78. The third kappa shape index (κ3) is 5.89. The van der Waals surface area contributed by atoms with Gasteiger partial charge in [-0.05, 0) is 47.6 Å². The van der Waals surface area contributed by atoms with Crippen molar-refractivity contribution in [2.45, 2.75) is 52.7 Å². The van der Waals surface area contributed by atoms with Crippen molar-refractivity contribution in [3.63, 3.8) is 0 Å². The van der Waals surface area contributed by atoms with Gasteiger partial charge < -0.3 is 14.4 Å². The van der Waals surface area contributed by atoms with E-state index in [1.54, 1.807) is 47.6 Å². The lowest BCUT2D eigenvalue weighted by Crippen LogP contribution is -2.26. The van der Waals surface area contributed by atoms with Crippen LogP contribution >= 0.6 is 0 Å². The van der Waals surface area contributed by atoms with Crippen molar-refractivity contribution in [2.24, 2.45) is 0 Å². The van der Waals surface area contributed by atoms with Crippen molar-refractivity contribution in [1.29, 1.82) is 0 Å².